The molecular weight excluding hydrogens is 237 g/mol. The van der Waals surface area contributed by atoms with Crippen molar-refractivity contribution in [3.63, 3.8) is 0 Å². The van der Waals surface area contributed by atoms with Gasteiger partial charge in [-0.1, -0.05) is 23.8 Å². The molecule has 0 heterocycles. The van der Waals surface area contributed by atoms with E-state index in [4.69, 9.17) is 11.6 Å². The van der Waals surface area contributed by atoms with Crippen LogP contribution in [-0.4, -0.2) is 12.6 Å². The number of benzene rings is 1. The summed E-state index contributed by atoms with van der Waals surface area (Å²) in [4.78, 5) is 0. The Morgan fingerprint density at radius 3 is 2.94 bits per heavy atom. The summed E-state index contributed by atoms with van der Waals surface area (Å²) in [5.41, 5.74) is 0.656. The van der Waals surface area contributed by atoms with E-state index < -0.39 is 0 Å². The monoisotopic (exact) mass is 253 g/mol. The van der Waals surface area contributed by atoms with Crippen molar-refractivity contribution in [2.24, 2.45) is 0 Å². The molecule has 92 valence electrons. The molecule has 1 aromatic rings. The summed E-state index contributed by atoms with van der Waals surface area (Å²) in [6.45, 7) is 1.01. The molecule has 0 aliphatic heterocycles. The molecule has 0 spiro atoms. The summed E-state index contributed by atoms with van der Waals surface area (Å²) in [6.07, 6.45) is 8.34. The molecule has 1 saturated carbocycles. The fourth-order valence-corrected chi connectivity index (χ4v) is 1.88. The zero-order chi connectivity index (χ0) is 12.1. The quantitative estimate of drug-likeness (QED) is 0.602. The number of halogens is 2. The summed E-state index contributed by atoms with van der Waals surface area (Å²) in [5, 5.41) is 4.02. The minimum atomic E-state index is -0.185. The minimum absolute atomic E-state index is 0.185. The van der Waals surface area contributed by atoms with Crippen LogP contribution in [0.25, 0.3) is 0 Å². The Labute approximate surface area is 107 Å². The SMILES string of the molecule is Fc1ccc(Cl)cc1C/C=C/CCNC1CC1. The molecule has 0 bridgehead atoms. The lowest BCUT2D eigenvalue weighted by molar-refractivity contribution is 0.614. The second kappa shape index (κ2) is 6.18. The predicted octanol–water partition coefficient (Wildman–Crippen LogP) is 3.72. The van der Waals surface area contributed by atoms with E-state index in [-0.39, 0.29) is 5.82 Å². The van der Waals surface area contributed by atoms with E-state index in [1.807, 2.05) is 6.08 Å². The molecule has 0 radical (unpaired) electrons. The third-order valence-corrected chi connectivity index (χ3v) is 3.07. The van der Waals surface area contributed by atoms with Crippen molar-refractivity contribution >= 4 is 11.6 Å². The van der Waals surface area contributed by atoms with Gasteiger partial charge < -0.3 is 5.32 Å². The van der Waals surface area contributed by atoms with Gasteiger partial charge in [-0.05, 0) is 56.0 Å². The molecule has 0 aromatic heterocycles. The van der Waals surface area contributed by atoms with Gasteiger partial charge in [-0.25, -0.2) is 4.39 Å². The Kier molecular flexibility index (Phi) is 4.57. The first-order valence-corrected chi connectivity index (χ1v) is 6.46. The maximum Gasteiger partial charge on any atom is 0.126 e. The van der Waals surface area contributed by atoms with E-state index in [2.05, 4.69) is 11.4 Å². The van der Waals surface area contributed by atoms with Gasteiger partial charge in [-0.3, -0.25) is 0 Å². The van der Waals surface area contributed by atoms with Gasteiger partial charge in [0.05, 0.1) is 0 Å². The van der Waals surface area contributed by atoms with Gasteiger partial charge in [0.1, 0.15) is 5.82 Å². The Morgan fingerprint density at radius 1 is 1.35 bits per heavy atom. The molecule has 3 heteroatoms. The lowest BCUT2D eigenvalue weighted by atomic mass is 10.1. The van der Waals surface area contributed by atoms with Crippen molar-refractivity contribution in [1.29, 1.82) is 0 Å². The minimum Gasteiger partial charge on any atom is -0.314 e. The van der Waals surface area contributed by atoms with Crippen LogP contribution in [0.1, 0.15) is 24.8 Å². The predicted molar refractivity (Wildman–Crippen MR) is 69.9 cm³/mol. The van der Waals surface area contributed by atoms with Crippen molar-refractivity contribution in [3.05, 3.63) is 46.8 Å². The number of allylic oxidation sites excluding steroid dienone is 1. The number of hydrogen-bond acceptors (Lipinski definition) is 1. The second-order valence-electron chi connectivity index (χ2n) is 4.43. The van der Waals surface area contributed by atoms with Crippen LogP contribution in [-0.2, 0) is 6.42 Å². The third-order valence-electron chi connectivity index (χ3n) is 2.83. The fraction of sp³-hybridized carbons (Fsp3) is 0.429. The van der Waals surface area contributed by atoms with Gasteiger partial charge in [0.2, 0.25) is 0 Å². The van der Waals surface area contributed by atoms with Gasteiger partial charge in [0, 0.05) is 11.1 Å². The van der Waals surface area contributed by atoms with Crippen molar-refractivity contribution < 1.29 is 4.39 Å². The highest BCUT2D eigenvalue weighted by Gasteiger charge is 2.19. The Morgan fingerprint density at radius 2 is 2.18 bits per heavy atom. The summed E-state index contributed by atoms with van der Waals surface area (Å²) in [6, 6.07) is 5.43. The van der Waals surface area contributed by atoms with E-state index in [0.717, 1.165) is 19.0 Å². The van der Waals surface area contributed by atoms with E-state index in [9.17, 15) is 4.39 Å². The van der Waals surface area contributed by atoms with Crippen molar-refractivity contribution in [2.75, 3.05) is 6.54 Å². The zero-order valence-electron chi connectivity index (χ0n) is 9.76. The summed E-state index contributed by atoms with van der Waals surface area (Å²) in [5.74, 6) is -0.185. The van der Waals surface area contributed by atoms with Crippen molar-refractivity contribution in [3.8, 4) is 0 Å². The maximum absolute atomic E-state index is 13.4. The lowest BCUT2D eigenvalue weighted by Gasteiger charge is -2.00. The average molecular weight is 254 g/mol. The van der Waals surface area contributed by atoms with Gasteiger partial charge >= 0.3 is 0 Å². The molecule has 2 rings (SSSR count). The number of nitrogens with one attached hydrogen (secondary N) is 1. The standard InChI is InChI=1S/C14H17ClFN/c15-12-5-8-14(16)11(10-12)4-2-1-3-9-17-13-6-7-13/h1-2,5,8,10,13,17H,3-4,6-7,9H2/b2-1+. The van der Waals surface area contributed by atoms with E-state index in [0.29, 0.717) is 17.0 Å². The largest absolute Gasteiger partial charge is 0.314 e. The van der Waals surface area contributed by atoms with Crippen LogP contribution in [0.15, 0.2) is 30.4 Å². The molecule has 0 saturated heterocycles. The normalized spacial score (nSPS) is 15.6. The first-order valence-electron chi connectivity index (χ1n) is 6.08. The lowest BCUT2D eigenvalue weighted by Crippen LogP contribution is -2.16. The van der Waals surface area contributed by atoms with Crippen LogP contribution >= 0.6 is 11.6 Å². The van der Waals surface area contributed by atoms with Gasteiger partial charge in [-0.2, -0.15) is 0 Å². The first-order chi connectivity index (χ1) is 8.25. The molecule has 17 heavy (non-hydrogen) atoms. The van der Waals surface area contributed by atoms with Gasteiger partial charge in [0.25, 0.3) is 0 Å². The summed E-state index contributed by atoms with van der Waals surface area (Å²) in [7, 11) is 0. The Bertz CT molecular complexity index is 399. The van der Waals surface area contributed by atoms with Gasteiger partial charge in [-0.15, -0.1) is 0 Å². The molecule has 1 aromatic carbocycles. The van der Waals surface area contributed by atoms with E-state index in [1.54, 1.807) is 12.1 Å². The maximum atomic E-state index is 13.4. The fourth-order valence-electron chi connectivity index (χ4n) is 1.69. The highest BCUT2D eigenvalue weighted by molar-refractivity contribution is 6.30. The average Bonchev–Trinajstić information content (AvgIpc) is 3.11. The summed E-state index contributed by atoms with van der Waals surface area (Å²) >= 11 is 5.82. The summed E-state index contributed by atoms with van der Waals surface area (Å²) < 4.78 is 13.4. The van der Waals surface area contributed by atoms with E-state index in [1.165, 1.54) is 18.9 Å². The van der Waals surface area contributed by atoms with E-state index >= 15 is 0 Å². The topological polar surface area (TPSA) is 12.0 Å². The van der Waals surface area contributed by atoms with Crippen LogP contribution in [0, 0.1) is 5.82 Å². The molecule has 1 fully saturated rings. The Balaban J connectivity index is 1.72. The molecule has 1 N–H and O–H groups in total. The molecule has 1 nitrogen and oxygen atoms in total. The number of rotatable bonds is 6. The molecule has 0 atom stereocenters. The van der Waals surface area contributed by atoms with Gasteiger partial charge in [0.15, 0.2) is 0 Å². The van der Waals surface area contributed by atoms with Crippen LogP contribution in [0.4, 0.5) is 4.39 Å². The second-order valence-corrected chi connectivity index (χ2v) is 4.86. The van der Waals surface area contributed by atoms with Crippen LogP contribution < -0.4 is 5.32 Å². The highest BCUT2D eigenvalue weighted by Crippen LogP contribution is 2.18. The molecule has 1 aliphatic rings. The third kappa shape index (κ3) is 4.49. The first kappa shape index (κ1) is 12.6. The highest BCUT2D eigenvalue weighted by atomic mass is 35.5. The Hall–Kier alpha value is -0.860. The zero-order valence-corrected chi connectivity index (χ0v) is 10.5. The van der Waals surface area contributed by atoms with Crippen LogP contribution in [0.3, 0.4) is 0 Å². The van der Waals surface area contributed by atoms with Crippen LogP contribution in [0.2, 0.25) is 5.02 Å². The number of hydrogen-bond donors (Lipinski definition) is 1. The molecule has 1 aliphatic carbocycles. The van der Waals surface area contributed by atoms with Crippen LogP contribution in [0.5, 0.6) is 0 Å². The van der Waals surface area contributed by atoms with Crippen molar-refractivity contribution in [1.82, 2.24) is 5.32 Å². The van der Waals surface area contributed by atoms with Crippen molar-refractivity contribution in [2.45, 2.75) is 31.7 Å². The molecule has 0 amide bonds. The molecule has 0 unspecified atom stereocenters. The molecular formula is C14H17ClFN. The smallest absolute Gasteiger partial charge is 0.126 e.